The summed E-state index contributed by atoms with van der Waals surface area (Å²) in [7, 11) is 1.35. The van der Waals surface area contributed by atoms with Crippen molar-refractivity contribution in [3.05, 3.63) is 71.6 Å². The molecule has 2 aromatic carbocycles. The van der Waals surface area contributed by atoms with Gasteiger partial charge in [-0.3, -0.25) is 0 Å². The molecule has 1 N–H and O–H groups in total. The third-order valence-electron chi connectivity index (χ3n) is 4.29. The van der Waals surface area contributed by atoms with E-state index in [0.29, 0.717) is 22.9 Å². The molecule has 0 aromatic heterocycles. The Bertz CT molecular complexity index is 849. The lowest BCUT2D eigenvalue weighted by atomic mass is 10.00. The van der Waals surface area contributed by atoms with Crippen LogP contribution in [0.1, 0.15) is 22.3 Å². The van der Waals surface area contributed by atoms with Crippen molar-refractivity contribution in [3.63, 3.8) is 0 Å². The third kappa shape index (κ3) is 4.08. The number of hydrogen-bond acceptors (Lipinski definition) is 3. The van der Waals surface area contributed by atoms with Gasteiger partial charge in [0.2, 0.25) is 0 Å². The monoisotopic (exact) mass is 370 g/mol. The summed E-state index contributed by atoms with van der Waals surface area (Å²) in [4.78, 5) is 13.9. The molecule has 2 aromatic rings. The maximum atomic E-state index is 13.1. The summed E-state index contributed by atoms with van der Waals surface area (Å²) in [5, 5.41) is 3.69. The Kier molecular flexibility index (Phi) is 5.63. The summed E-state index contributed by atoms with van der Waals surface area (Å²) in [6.45, 7) is 1.40. The van der Waals surface area contributed by atoms with Crippen LogP contribution in [0.2, 0.25) is 0 Å². The normalized spacial score (nSPS) is 13.8. The van der Waals surface area contributed by atoms with E-state index in [-0.39, 0.29) is 5.82 Å². The van der Waals surface area contributed by atoms with Crippen molar-refractivity contribution in [2.75, 3.05) is 25.5 Å². The van der Waals surface area contributed by atoms with Crippen molar-refractivity contribution in [2.24, 2.45) is 0 Å². The fourth-order valence-corrected chi connectivity index (χ4v) is 3.13. The van der Waals surface area contributed by atoms with E-state index in [0.717, 1.165) is 18.5 Å². The maximum Gasteiger partial charge on any atom is 0.339 e. The number of methoxy groups -OCH3 is 1. The highest BCUT2D eigenvalue weighted by Crippen LogP contribution is 2.23. The standard InChI is InChI=1S/C20H19FN2O2S/c1-25-19(24)17-4-2-3-5-18(17)22-20(26)23-12-10-15(11-13-23)14-6-8-16(21)9-7-14/h2-10H,11-13H2,1H3,(H,22,26). The SMILES string of the molecule is COC(=O)c1ccccc1NC(=S)N1CC=C(c2ccc(F)cc2)CC1. The summed E-state index contributed by atoms with van der Waals surface area (Å²) >= 11 is 5.49. The number of anilines is 1. The largest absolute Gasteiger partial charge is 0.465 e. The number of esters is 1. The molecular formula is C20H19FN2O2S. The van der Waals surface area contributed by atoms with Crippen molar-refractivity contribution in [1.29, 1.82) is 0 Å². The van der Waals surface area contributed by atoms with E-state index in [1.807, 2.05) is 11.0 Å². The first-order chi connectivity index (χ1) is 12.6. The third-order valence-corrected chi connectivity index (χ3v) is 4.65. The van der Waals surface area contributed by atoms with Crippen LogP contribution in [0.15, 0.2) is 54.6 Å². The smallest absolute Gasteiger partial charge is 0.339 e. The molecule has 26 heavy (non-hydrogen) atoms. The molecule has 0 radical (unpaired) electrons. The van der Waals surface area contributed by atoms with Gasteiger partial charge in [-0.15, -0.1) is 0 Å². The second kappa shape index (κ2) is 8.10. The number of carbonyl (C=O) groups is 1. The molecule has 0 aliphatic carbocycles. The molecule has 6 heteroatoms. The average Bonchev–Trinajstić information content (AvgIpc) is 2.68. The molecule has 0 amide bonds. The molecule has 0 spiro atoms. The second-order valence-corrected chi connectivity index (χ2v) is 6.29. The van der Waals surface area contributed by atoms with Gasteiger partial charge in [-0.2, -0.15) is 0 Å². The van der Waals surface area contributed by atoms with Crippen molar-refractivity contribution in [1.82, 2.24) is 4.90 Å². The lowest BCUT2D eigenvalue weighted by Gasteiger charge is -2.29. The van der Waals surface area contributed by atoms with Crippen LogP contribution in [-0.4, -0.2) is 36.2 Å². The minimum Gasteiger partial charge on any atom is -0.465 e. The Balaban J connectivity index is 1.67. The van der Waals surface area contributed by atoms with Crippen LogP contribution >= 0.6 is 12.2 Å². The molecule has 1 aliphatic heterocycles. The summed E-state index contributed by atoms with van der Waals surface area (Å²) < 4.78 is 17.9. The summed E-state index contributed by atoms with van der Waals surface area (Å²) in [6, 6.07) is 13.6. The Hall–Kier alpha value is -2.73. The topological polar surface area (TPSA) is 41.6 Å². The minimum absolute atomic E-state index is 0.235. The molecule has 0 unspecified atom stereocenters. The zero-order chi connectivity index (χ0) is 18.5. The molecule has 1 aliphatic rings. The van der Waals surface area contributed by atoms with Gasteiger partial charge in [0.05, 0.1) is 18.4 Å². The number of carbonyl (C=O) groups excluding carboxylic acids is 1. The number of halogens is 1. The lowest BCUT2D eigenvalue weighted by molar-refractivity contribution is 0.0602. The number of benzene rings is 2. The molecule has 4 nitrogen and oxygen atoms in total. The zero-order valence-electron chi connectivity index (χ0n) is 14.4. The molecule has 1 heterocycles. The Morgan fingerprint density at radius 3 is 2.58 bits per heavy atom. The van der Waals surface area contributed by atoms with Crippen molar-refractivity contribution in [3.8, 4) is 0 Å². The van der Waals surface area contributed by atoms with Crippen molar-refractivity contribution in [2.45, 2.75) is 6.42 Å². The number of para-hydroxylation sites is 1. The van der Waals surface area contributed by atoms with Gasteiger partial charge in [-0.25, -0.2) is 9.18 Å². The van der Waals surface area contributed by atoms with E-state index in [1.54, 1.807) is 30.3 Å². The van der Waals surface area contributed by atoms with Gasteiger partial charge in [-0.1, -0.05) is 30.3 Å². The number of nitrogens with zero attached hydrogens (tertiary/aromatic N) is 1. The van der Waals surface area contributed by atoms with Crippen LogP contribution in [0.3, 0.4) is 0 Å². The second-order valence-electron chi connectivity index (χ2n) is 5.90. The highest BCUT2D eigenvalue weighted by Gasteiger charge is 2.18. The lowest BCUT2D eigenvalue weighted by Crippen LogP contribution is -2.38. The van der Waals surface area contributed by atoms with Crippen molar-refractivity contribution >= 4 is 34.6 Å². The van der Waals surface area contributed by atoms with Gasteiger partial charge in [0, 0.05) is 13.1 Å². The zero-order valence-corrected chi connectivity index (χ0v) is 15.2. The first kappa shape index (κ1) is 18.1. The number of nitrogens with one attached hydrogen (secondary N) is 1. The maximum absolute atomic E-state index is 13.1. The molecular weight excluding hydrogens is 351 g/mol. The predicted octanol–water partition coefficient (Wildman–Crippen LogP) is 4.10. The Morgan fingerprint density at radius 1 is 1.19 bits per heavy atom. The van der Waals surface area contributed by atoms with E-state index in [4.69, 9.17) is 17.0 Å². The van der Waals surface area contributed by atoms with Gasteiger partial charge in [0.1, 0.15) is 5.82 Å². The molecule has 134 valence electrons. The molecule has 3 rings (SSSR count). The highest BCUT2D eigenvalue weighted by atomic mass is 32.1. The quantitative estimate of drug-likeness (QED) is 0.651. The van der Waals surface area contributed by atoms with Gasteiger partial charge in [0.25, 0.3) is 0 Å². The van der Waals surface area contributed by atoms with Crippen LogP contribution in [0.4, 0.5) is 10.1 Å². The van der Waals surface area contributed by atoms with Crippen LogP contribution in [0.5, 0.6) is 0 Å². The van der Waals surface area contributed by atoms with E-state index in [9.17, 15) is 9.18 Å². The van der Waals surface area contributed by atoms with Crippen LogP contribution in [-0.2, 0) is 4.74 Å². The molecule has 0 saturated carbocycles. The predicted molar refractivity (Wildman–Crippen MR) is 105 cm³/mol. The fourth-order valence-electron chi connectivity index (χ4n) is 2.85. The van der Waals surface area contributed by atoms with Gasteiger partial charge in [-0.05, 0) is 54.0 Å². The van der Waals surface area contributed by atoms with Crippen LogP contribution < -0.4 is 5.32 Å². The first-order valence-corrected chi connectivity index (χ1v) is 8.67. The summed E-state index contributed by atoms with van der Waals surface area (Å²) in [5.74, 6) is -0.644. The van der Waals surface area contributed by atoms with Crippen LogP contribution in [0.25, 0.3) is 5.57 Å². The first-order valence-electron chi connectivity index (χ1n) is 8.26. The molecule has 0 atom stereocenters. The average molecular weight is 370 g/mol. The van der Waals surface area contributed by atoms with E-state index >= 15 is 0 Å². The van der Waals surface area contributed by atoms with Gasteiger partial charge >= 0.3 is 5.97 Å². The molecule has 0 saturated heterocycles. The number of rotatable bonds is 3. The molecule has 0 fully saturated rings. The van der Waals surface area contributed by atoms with E-state index in [1.165, 1.54) is 24.8 Å². The fraction of sp³-hybridized carbons (Fsp3) is 0.200. The summed E-state index contributed by atoms with van der Waals surface area (Å²) in [5.41, 5.74) is 3.27. The van der Waals surface area contributed by atoms with Gasteiger partial charge in [0.15, 0.2) is 5.11 Å². The van der Waals surface area contributed by atoms with E-state index < -0.39 is 5.97 Å². The summed E-state index contributed by atoms with van der Waals surface area (Å²) in [6.07, 6.45) is 2.91. The number of hydrogen-bond donors (Lipinski definition) is 1. The number of thiocarbonyl (C=S) groups is 1. The number of ether oxygens (including phenoxy) is 1. The van der Waals surface area contributed by atoms with Crippen LogP contribution in [0, 0.1) is 5.82 Å². The van der Waals surface area contributed by atoms with E-state index in [2.05, 4.69) is 11.4 Å². The Labute approximate surface area is 157 Å². The minimum atomic E-state index is -0.409. The molecule has 0 bridgehead atoms. The Morgan fingerprint density at radius 2 is 1.92 bits per heavy atom. The van der Waals surface area contributed by atoms with Gasteiger partial charge < -0.3 is 15.0 Å². The highest BCUT2D eigenvalue weighted by molar-refractivity contribution is 7.80. The van der Waals surface area contributed by atoms with Crippen molar-refractivity contribution < 1.29 is 13.9 Å².